The van der Waals surface area contributed by atoms with Crippen LogP contribution in [0.15, 0.2) is 6.20 Å². The van der Waals surface area contributed by atoms with Crippen LogP contribution in [0.3, 0.4) is 0 Å². The number of aryl methyl sites for hydroxylation is 1. The summed E-state index contributed by atoms with van der Waals surface area (Å²) < 4.78 is 6.26. The number of hydrogen-bond acceptors (Lipinski definition) is 4. The van der Waals surface area contributed by atoms with Gasteiger partial charge in [0.2, 0.25) is 0 Å². The van der Waals surface area contributed by atoms with Crippen LogP contribution in [0, 0.1) is 0 Å². The lowest BCUT2D eigenvalue weighted by atomic mass is 9.85. The average Bonchev–Trinajstić information content (AvgIpc) is 2.68. The van der Waals surface area contributed by atoms with Crippen molar-refractivity contribution in [1.29, 1.82) is 0 Å². The first kappa shape index (κ1) is 11.8. The molecule has 0 radical (unpaired) electrons. The van der Waals surface area contributed by atoms with Gasteiger partial charge in [-0.3, -0.25) is 14.3 Å². The summed E-state index contributed by atoms with van der Waals surface area (Å²) in [5, 5.41) is 4.38. The van der Waals surface area contributed by atoms with E-state index < -0.39 is 17.9 Å². The predicted octanol–water partition coefficient (Wildman–Crippen LogP) is 1.27. The SMILES string of the molecule is Cn1cc(C2CC(=O)OC2=O)c(C(C)(C)C)n1. The molecule has 92 valence electrons. The summed E-state index contributed by atoms with van der Waals surface area (Å²) in [7, 11) is 1.81. The highest BCUT2D eigenvalue weighted by molar-refractivity contribution is 5.98. The molecule has 1 aromatic heterocycles. The van der Waals surface area contributed by atoms with Crippen molar-refractivity contribution in [3.05, 3.63) is 17.5 Å². The van der Waals surface area contributed by atoms with Crippen LogP contribution >= 0.6 is 0 Å². The summed E-state index contributed by atoms with van der Waals surface area (Å²) in [6, 6.07) is 0. The fourth-order valence-corrected chi connectivity index (χ4v) is 2.06. The van der Waals surface area contributed by atoms with Crippen LogP contribution in [0.5, 0.6) is 0 Å². The Morgan fingerprint density at radius 1 is 1.41 bits per heavy atom. The highest BCUT2D eigenvalue weighted by Gasteiger charge is 2.39. The molecule has 0 saturated carbocycles. The minimum atomic E-state index is -0.495. The molecule has 5 heteroatoms. The van der Waals surface area contributed by atoms with E-state index in [4.69, 9.17) is 0 Å². The largest absolute Gasteiger partial charge is 0.393 e. The van der Waals surface area contributed by atoms with Gasteiger partial charge in [-0.2, -0.15) is 5.10 Å². The molecule has 2 heterocycles. The Kier molecular flexibility index (Phi) is 2.56. The van der Waals surface area contributed by atoms with E-state index in [1.807, 2.05) is 20.8 Å². The highest BCUT2D eigenvalue weighted by Crippen LogP contribution is 2.34. The minimum absolute atomic E-state index is 0.119. The van der Waals surface area contributed by atoms with Crippen molar-refractivity contribution in [2.24, 2.45) is 7.05 Å². The Bertz CT molecular complexity index is 482. The first-order chi connectivity index (χ1) is 7.79. The minimum Gasteiger partial charge on any atom is -0.393 e. The van der Waals surface area contributed by atoms with Crippen LogP contribution in [-0.4, -0.2) is 21.7 Å². The number of aromatic nitrogens is 2. The second-order valence-electron chi connectivity index (χ2n) is 5.41. The van der Waals surface area contributed by atoms with E-state index in [2.05, 4.69) is 9.84 Å². The van der Waals surface area contributed by atoms with Crippen LogP contribution in [0.2, 0.25) is 0 Å². The molecule has 1 unspecified atom stereocenters. The molecule has 0 aromatic carbocycles. The van der Waals surface area contributed by atoms with Crippen molar-refractivity contribution < 1.29 is 14.3 Å². The monoisotopic (exact) mass is 236 g/mol. The zero-order valence-corrected chi connectivity index (χ0v) is 10.5. The van der Waals surface area contributed by atoms with Crippen molar-refractivity contribution in [3.63, 3.8) is 0 Å². The zero-order valence-electron chi connectivity index (χ0n) is 10.5. The topological polar surface area (TPSA) is 61.2 Å². The molecule has 0 amide bonds. The lowest BCUT2D eigenvalue weighted by Crippen LogP contribution is -2.17. The molecule has 0 aliphatic carbocycles. The quantitative estimate of drug-likeness (QED) is 0.544. The van der Waals surface area contributed by atoms with Gasteiger partial charge in [0.15, 0.2) is 0 Å². The van der Waals surface area contributed by atoms with Crippen LogP contribution in [-0.2, 0) is 26.8 Å². The van der Waals surface area contributed by atoms with Gasteiger partial charge in [0, 0.05) is 24.2 Å². The third-order valence-electron chi connectivity index (χ3n) is 2.81. The van der Waals surface area contributed by atoms with Gasteiger partial charge < -0.3 is 4.74 Å². The molecule has 1 saturated heterocycles. The van der Waals surface area contributed by atoms with E-state index in [1.54, 1.807) is 17.9 Å². The van der Waals surface area contributed by atoms with E-state index in [1.165, 1.54) is 0 Å². The van der Waals surface area contributed by atoms with Crippen LogP contribution in [0.25, 0.3) is 0 Å². The number of esters is 2. The number of carbonyl (C=O) groups excluding carboxylic acids is 2. The van der Waals surface area contributed by atoms with Gasteiger partial charge >= 0.3 is 11.9 Å². The van der Waals surface area contributed by atoms with Gasteiger partial charge in [0.25, 0.3) is 0 Å². The Balaban J connectivity index is 2.45. The molecule has 0 spiro atoms. The number of hydrogen-bond donors (Lipinski definition) is 0. The molecule has 1 aliphatic heterocycles. The third kappa shape index (κ3) is 2.09. The average molecular weight is 236 g/mol. The molecular formula is C12H16N2O3. The second kappa shape index (κ2) is 3.68. The zero-order chi connectivity index (χ0) is 12.8. The first-order valence-electron chi connectivity index (χ1n) is 5.57. The van der Waals surface area contributed by atoms with E-state index >= 15 is 0 Å². The van der Waals surface area contributed by atoms with Crippen molar-refractivity contribution in [3.8, 4) is 0 Å². The second-order valence-corrected chi connectivity index (χ2v) is 5.41. The lowest BCUT2D eigenvalue weighted by Gasteiger charge is -2.18. The molecule has 5 nitrogen and oxygen atoms in total. The van der Waals surface area contributed by atoms with Gasteiger partial charge in [-0.25, -0.2) is 0 Å². The molecule has 0 bridgehead atoms. The summed E-state index contributed by atoms with van der Waals surface area (Å²) in [5.41, 5.74) is 1.48. The number of rotatable bonds is 1. The Morgan fingerprint density at radius 3 is 2.53 bits per heavy atom. The molecule has 1 aliphatic rings. The van der Waals surface area contributed by atoms with Crippen molar-refractivity contribution in [2.75, 3.05) is 0 Å². The van der Waals surface area contributed by atoms with E-state index in [0.717, 1.165) is 11.3 Å². The smallest absolute Gasteiger partial charge is 0.321 e. The summed E-state index contributed by atoms with van der Waals surface area (Å²) in [5.74, 6) is -1.41. The summed E-state index contributed by atoms with van der Waals surface area (Å²) in [6.45, 7) is 6.09. The third-order valence-corrected chi connectivity index (χ3v) is 2.81. The van der Waals surface area contributed by atoms with Crippen molar-refractivity contribution in [2.45, 2.75) is 38.5 Å². The van der Waals surface area contributed by atoms with E-state index in [-0.39, 0.29) is 11.8 Å². The Morgan fingerprint density at radius 2 is 2.06 bits per heavy atom. The lowest BCUT2D eigenvalue weighted by molar-refractivity contribution is -0.152. The van der Waals surface area contributed by atoms with Crippen LogP contribution in [0.1, 0.15) is 44.4 Å². The predicted molar refractivity (Wildman–Crippen MR) is 60.4 cm³/mol. The Hall–Kier alpha value is -1.65. The van der Waals surface area contributed by atoms with Crippen molar-refractivity contribution in [1.82, 2.24) is 9.78 Å². The van der Waals surface area contributed by atoms with Gasteiger partial charge in [0.1, 0.15) is 0 Å². The molecule has 1 atom stereocenters. The molecule has 1 aromatic rings. The molecule has 17 heavy (non-hydrogen) atoms. The summed E-state index contributed by atoms with van der Waals surface area (Å²) in [6.07, 6.45) is 1.92. The Labute approximate surface area is 99.8 Å². The van der Waals surface area contributed by atoms with Gasteiger partial charge in [-0.05, 0) is 0 Å². The fourth-order valence-electron chi connectivity index (χ4n) is 2.06. The van der Waals surface area contributed by atoms with E-state index in [9.17, 15) is 9.59 Å². The maximum absolute atomic E-state index is 11.6. The van der Waals surface area contributed by atoms with Gasteiger partial charge in [0.05, 0.1) is 18.0 Å². The van der Waals surface area contributed by atoms with Crippen LogP contribution in [0.4, 0.5) is 0 Å². The molecule has 1 fully saturated rings. The summed E-state index contributed by atoms with van der Waals surface area (Å²) >= 11 is 0. The first-order valence-corrected chi connectivity index (χ1v) is 5.57. The number of carbonyl (C=O) groups is 2. The fraction of sp³-hybridized carbons (Fsp3) is 0.583. The van der Waals surface area contributed by atoms with Crippen molar-refractivity contribution >= 4 is 11.9 Å². The maximum Gasteiger partial charge on any atom is 0.321 e. The molecular weight excluding hydrogens is 220 g/mol. The normalized spacial score (nSPS) is 20.8. The van der Waals surface area contributed by atoms with Gasteiger partial charge in [-0.1, -0.05) is 20.8 Å². The highest BCUT2D eigenvalue weighted by atomic mass is 16.6. The van der Waals surface area contributed by atoms with E-state index in [0.29, 0.717) is 0 Å². The standard InChI is InChI=1S/C12H16N2O3/c1-12(2,3)10-8(6-14(4)13-10)7-5-9(15)17-11(7)16/h6-7H,5H2,1-4H3. The molecule has 0 N–H and O–H groups in total. The number of ether oxygens (including phenoxy) is 1. The summed E-state index contributed by atoms with van der Waals surface area (Å²) in [4.78, 5) is 22.7. The molecule has 2 rings (SSSR count). The van der Waals surface area contributed by atoms with Gasteiger partial charge in [-0.15, -0.1) is 0 Å². The number of nitrogens with zero attached hydrogens (tertiary/aromatic N) is 2. The van der Waals surface area contributed by atoms with Crippen LogP contribution < -0.4 is 0 Å². The number of cyclic esters (lactones) is 2. The maximum atomic E-state index is 11.6.